The molecule has 3 atom stereocenters. The maximum absolute atomic E-state index is 10.8. The van der Waals surface area contributed by atoms with Crippen LogP contribution < -0.4 is 9.47 Å². The van der Waals surface area contributed by atoms with Gasteiger partial charge >= 0.3 is 0 Å². The van der Waals surface area contributed by atoms with E-state index in [0.29, 0.717) is 24.5 Å². The van der Waals surface area contributed by atoms with Crippen LogP contribution in [0, 0.1) is 10.1 Å². The number of nitrogens with zero attached hydrogens (tertiary/aromatic N) is 1. The Kier molecular flexibility index (Phi) is 5.25. The zero-order valence-electron chi connectivity index (χ0n) is 12.0. The third-order valence-electron chi connectivity index (χ3n) is 3.33. The lowest BCUT2D eigenvalue weighted by molar-refractivity contribution is -0.385. The third-order valence-corrected chi connectivity index (χ3v) is 3.76. The zero-order chi connectivity index (χ0) is 15.4. The molecule has 1 fully saturated rings. The molecule has 6 nitrogen and oxygen atoms in total. The number of alkyl halides is 1. The van der Waals surface area contributed by atoms with Gasteiger partial charge in [0.2, 0.25) is 0 Å². The Hall–Kier alpha value is -1.53. The van der Waals surface area contributed by atoms with Gasteiger partial charge in [0, 0.05) is 19.1 Å². The van der Waals surface area contributed by atoms with E-state index >= 15 is 0 Å². The highest BCUT2D eigenvalue weighted by Crippen LogP contribution is 2.38. The van der Waals surface area contributed by atoms with Crippen LogP contribution >= 0.6 is 11.6 Å². The van der Waals surface area contributed by atoms with Gasteiger partial charge in [0.05, 0.1) is 23.5 Å². The van der Waals surface area contributed by atoms with Crippen LogP contribution in [0.15, 0.2) is 18.2 Å². The molecular weight excluding hydrogens is 298 g/mol. The second-order valence-electron chi connectivity index (χ2n) is 4.84. The summed E-state index contributed by atoms with van der Waals surface area (Å²) in [7, 11) is 1.49. The second kappa shape index (κ2) is 6.95. The number of nitro benzene ring substituents is 1. The summed E-state index contributed by atoms with van der Waals surface area (Å²) < 4.78 is 16.6. The number of methoxy groups -OCH3 is 1. The van der Waals surface area contributed by atoms with Gasteiger partial charge in [-0.05, 0) is 12.5 Å². The van der Waals surface area contributed by atoms with Gasteiger partial charge in [-0.15, -0.1) is 11.6 Å². The van der Waals surface area contributed by atoms with Crippen molar-refractivity contribution >= 4 is 17.3 Å². The van der Waals surface area contributed by atoms with Crippen LogP contribution in [0.4, 0.5) is 5.69 Å². The fourth-order valence-corrected chi connectivity index (χ4v) is 2.55. The van der Waals surface area contributed by atoms with Crippen LogP contribution in [0.3, 0.4) is 0 Å². The second-order valence-corrected chi connectivity index (χ2v) is 5.40. The lowest BCUT2D eigenvalue weighted by atomic mass is 9.91. The van der Waals surface area contributed by atoms with Crippen LogP contribution in [0.25, 0.3) is 0 Å². The number of benzene rings is 1. The minimum atomic E-state index is -0.470. The van der Waals surface area contributed by atoms with Crippen LogP contribution in [0.1, 0.15) is 19.8 Å². The lowest BCUT2D eigenvalue weighted by Crippen LogP contribution is -2.52. The first-order valence-electron chi connectivity index (χ1n) is 6.81. The first kappa shape index (κ1) is 15.9. The third kappa shape index (κ3) is 3.57. The number of rotatable bonds is 7. The van der Waals surface area contributed by atoms with E-state index in [0.717, 1.165) is 6.42 Å². The monoisotopic (exact) mass is 315 g/mol. The quantitative estimate of drug-likeness (QED) is 0.439. The van der Waals surface area contributed by atoms with Gasteiger partial charge in [-0.2, -0.15) is 0 Å². The van der Waals surface area contributed by atoms with E-state index in [1.807, 2.05) is 6.92 Å². The molecule has 0 amide bonds. The Balaban J connectivity index is 2.11. The van der Waals surface area contributed by atoms with E-state index in [1.54, 1.807) is 0 Å². The molecule has 0 heterocycles. The summed E-state index contributed by atoms with van der Waals surface area (Å²) in [5, 5.41) is 10.8. The SMILES string of the molecule is CCCOC1C(Cl)CC1Oc1cc([N+](=O)[O-])ccc1OC. The van der Waals surface area contributed by atoms with Gasteiger partial charge in [0.1, 0.15) is 12.2 Å². The summed E-state index contributed by atoms with van der Waals surface area (Å²) in [5.41, 5.74) is -0.0430. The largest absolute Gasteiger partial charge is 0.493 e. The van der Waals surface area contributed by atoms with Crippen molar-refractivity contribution in [2.24, 2.45) is 0 Å². The number of hydrogen-bond acceptors (Lipinski definition) is 5. The van der Waals surface area contributed by atoms with E-state index < -0.39 is 4.92 Å². The van der Waals surface area contributed by atoms with E-state index in [4.69, 9.17) is 25.8 Å². The Morgan fingerprint density at radius 1 is 1.43 bits per heavy atom. The van der Waals surface area contributed by atoms with Gasteiger partial charge < -0.3 is 14.2 Å². The van der Waals surface area contributed by atoms with E-state index in [9.17, 15) is 10.1 Å². The molecule has 0 aliphatic heterocycles. The highest BCUT2D eigenvalue weighted by atomic mass is 35.5. The van der Waals surface area contributed by atoms with Crippen LogP contribution in [0.5, 0.6) is 11.5 Å². The molecule has 0 aromatic heterocycles. The average molecular weight is 316 g/mol. The standard InChI is InChI=1S/C14H18ClNO5/c1-3-6-20-14-10(15)8-13(14)21-12-7-9(16(17)18)4-5-11(12)19-2/h4-5,7,10,13-14H,3,6,8H2,1-2H3. The fourth-order valence-electron chi connectivity index (χ4n) is 2.14. The molecule has 21 heavy (non-hydrogen) atoms. The molecular formula is C14H18ClNO5. The lowest BCUT2D eigenvalue weighted by Gasteiger charge is -2.40. The molecule has 116 valence electrons. The molecule has 1 aromatic carbocycles. The average Bonchev–Trinajstić information content (AvgIpc) is 2.46. The normalized spacial score (nSPS) is 24.2. The molecule has 0 saturated heterocycles. The van der Waals surface area contributed by atoms with Crippen LogP contribution in [-0.2, 0) is 4.74 Å². The maximum atomic E-state index is 10.8. The van der Waals surface area contributed by atoms with E-state index in [2.05, 4.69) is 0 Å². The molecule has 2 rings (SSSR count). The topological polar surface area (TPSA) is 70.8 Å². The summed E-state index contributed by atoms with van der Waals surface area (Å²) in [6, 6.07) is 4.26. The van der Waals surface area contributed by atoms with Crippen molar-refractivity contribution in [2.45, 2.75) is 37.4 Å². The predicted molar refractivity (Wildman–Crippen MR) is 78.4 cm³/mol. The molecule has 0 bridgehead atoms. The minimum absolute atomic E-state index is 0.0430. The number of ether oxygens (including phenoxy) is 3. The van der Waals surface area contributed by atoms with Crippen molar-refractivity contribution in [2.75, 3.05) is 13.7 Å². The first-order valence-corrected chi connectivity index (χ1v) is 7.25. The number of hydrogen-bond donors (Lipinski definition) is 0. The molecule has 0 spiro atoms. The Bertz CT molecular complexity index is 510. The highest BCUT2D eigenvalue weighted by molar-refractivity contribution is 6.21. The van der Waals surface area contributed by atoms with Crippen molar-refractivity contribution in [1.82, 2.24) is 0 Å². The van der Waals surface area contributed by atoms with Gasteiger partial charge in [0.15, 0.2) is 11.5 Å². The summed E-state index contributed by atoms with van der Waals surface area (Å²) in [5.74, 6) is 0.790. The van der Waals surface area contributed by atoms with Gasteiger partial charge in [0.25, 0.3) is 5.69 Å². The molecule has 1 aromatic rings. The van der Waals surface area contributed by atoms with E-state index in [1.165, 1.54) is 25.3 Å². The Morgan fingerprint density at radius 3 is 2.76 bits per heavy atom. The van der Waals surface area contributed by atoms with Crippen molar-refractivity contribution in [3.63, 3.8) is 0 Å². The molecule has 7 heteroatoms. The summed E-state index contributed by atoms with van der Waals surface area (Å²) in [6.07, 6.45) is 1.12. The van der Waals surface area contributed by atoms with Crippen molar-refractivity contribution in [3.8, 4) is 11.5 Å². The van der Waals surface area contributed by atoms with E-state index in [-0.39, 0.29) is 23.3 Å². The highest BCUT2D eigenvalue weighted by Gasteiger charge is 2.43. The molecule has 1 aliphatic rings. The predicted octanol–water partition coefficient (Wildman–Crippen LogP) is 3.16. The van der Waals surface area contributed by atoms with Crippen LogP contribution in [0.2, 0.25) is 0 Å². The number of halogens is 1. The summed E-state index contributed by atoms with van der Waals surface area (Å²) in [6.45, 7) is 2.63. The van der Waals surface area contributed by atoms with Crippen LogP contribution in [-0.4, -0.2) is 36.2 Å². The molecule has 1 aliphatic carbocycles. The minimum Gasteiger partial charge on any atom is -0.493 e. The summed E-state index contributed by atoms with van der Waals surface area (Å²) in [4.78, 5) is 10.4. The molecule has 0 N–H and O–H groups in total. The Labute approximate surface area is 128 Å². The van der Waals surface area contributed by atoms with Crippen molar-refractivity contribution in [1.29, 1.82) is 0 Å². The molecule has 3 unspecified atom stereocenters. The molecule has 0 radical (unpaired) electrons. The fraction of sp³-hybridized carbons (Fsp3) is 0.571. The number of nitro groups is 1. The van der Waals surface area contributed by atoms with Crippen molar-refractivity contribution < 1.29 is 19.1 Å². The molecule has 1 saturated carbocycles. The van der Waals surface area contributed by atoms with Gasteiger partial charge in [-0.1, -0.05) is 6.92 Å². The zero-order valence-corrected chi connectivity index (χ0v) is 12.7. The Morgan fingerprint density at radius 2 is 2.19 bits per heavy atom. The summed E-state index contributed by atoms with van der Waals surface area (Å²) >= 11 is 6.12. The smallest absolute Gasteiger partial charge is 0.273 e. The van der Waals surface area contributed by atoms with Crippen molar-refractivity contribution in [3.05, 3.63) is 28.3 Å². The number of non-ortho nitro benzene ring substituents is 1. The van der Waals surface area contributed by atoms with Gasteiger partial charge in [-0.3, -0.25) is 10.1 Å². The maximum Gasteiger partial charge on any atom is 0.273 e. The first-order chi connectivity index (χ1) is 10.1. The van der Waals surface area contributed by atoms with Gasteiger partial charge in [-0.25, -0.2) is 0 Å².